The molecule has 150 valence electrons. The normalized spacial score (nSPS) is 16.3. The van der Waals surface area contributed by atoms with Crippen LogP contribution in [0, 0.1) is 5.82 Å². The lowest BCUT2D eigenvalue weighted by Crippen LogP contribution is -2.37. The monoisotopic (exact) mass is 396 g/mol. The molecular weight excluding hydrogens is 375 g/mol. The number of likely N-dealkylation sites (tertiary alicyclic amines) is 1. The van der Waals surface area contributed by atoms with E-state index in [1.165, 1.54) is 18.3 Å². The Hall–Kier alpha value is -3.35. The lowest BCUT2D eigenvalue weighted by atomic mass is 10.0. The van der Waals surface area contributed by atoms with Crippen LogP contribution >= 0.6 is 0 Å². The average Bonchev–Trinajstić information content (AvgIpc) is 3.32. The number of fused-ring (bicyclic) bond motifs is 1. The van der Waals surface area contributed by atoms with Crippen molar-refractivity contribution in [2.24, 2.45) is 0 Å². The van der Waals surface area contributed by atoms with E-state index in [-0.39, 0.29) is 18.7 Å². The zero-order valence-electron chi connectivity index (χ0n) is 15.8. The van der Waals surface area contributed by atoms with Gasteiger partial charge in [0.05, 0.1) is 5.52 Å². The lowest BCUT2D eigenvalue weighted by Gasteiger charge is -2.24. The molecule has 3 aromatic rings. The van der Waals surface area contributed by atoms with E-state index in [0.29, 0.717) is 23.9 Å². The molecule has 4 rings (SSSR count). The van der Waals surface area contributed by atoms with Crippen molar-refractivity contribution in [1.82, 2.24) is 9.47 Å². The van der Waals surface area contributed by atoms with Gasteiger partial charge in [-0.2, -0.15) is 0 Å². The molecule has 0 spiro atoms. The molecule has 29 heavy (non-hydrogen) atoms. The standard InChI is InChI=1S/C22H21FN2O4/c23-17-8-9-19-16(13-25(21(26)27)20(19)12-17)11-18-7-4-10-24(18)22(28)29-14-15-5-2-1-3-6-15/h1-3,5-6,8-9,12-13,18H,4,7,10-11,14H2,(H,26,27)/t18-/m0/s1. The van der Waals surface area contributed by atoms with Crippen LogP contribution in [0.2, 0.25) is 0 Å². The summed E-state index contributed by atoms with van der Waals surface area (Å²) < 4.78 is 20.1. The number of rotatable bonds is 4. The summed E-state index contributed by atoms with van der Waals surface area (Å²) in [7, 11) is 0. The Bertz CT molecular complexity index is 1050. The van der Waals surface area contributed by atoms with Gasteiger partial charge in [0.25, 0.3) is 0 Å². The van der Waals surface area contributed by atoms with Crippen LogP contribution in [0.15, 0.2) is 54.7 Å². The quantitative estimate of drug-likeness (QED) is 0.697. The molecule has 1 N–H and O–H groups in total. The number of carbonyl (C=O) groups excluding carboxylic acids is 1. The van der Waals surface area contributed by atoms with Gasteiger partial charge in [0.2, 0.25) is 0 Å². The lowest BCUT2D eigenvalue weighted by molar-refractivity contribution is 0.0921. The third-order valence-electron chi connectivity index (χ3n) is 5.33. The Labute approximate surface area is 167 Å². The van der Waals surface area contributed by atoms with Crippen LogP contribution in [-0.4, -0.2) is 39.3 Å². The highest BCUT2D eigenvalue weighted by atomic mass is 19.1. The molecule has 2 heterocycles. The van der Waals surface area contributed by atoms with Gasteiger partial charge in [-0.15, -0.1) is 0 Å². The summed E-state index contributed by atoms with van der Waals surface area (Å²) in [5, 5.41) is 10.1. The summed E-state index contributed by atoms with van der Waals surface area (Å²) in [5.74, 6) is -0.489. The minimum Gasteiger partial charge on any atom is -0.464 e. The first-order valence-corrected chi connectivity index (χ1v) is 9.53. The van der Waals surface area contributed by atoms with Gasteiger partial charge in [-0.25, -0.2) is 14.0 Å². The smallest absolute Gasteiger partial charge is 0.416 e. The van der Waals surface area contributed by atoms with Crippen molar-refractivity contribution in [2.75, 3.05) is 6.54 Å². The van der Waals surface area contributed by atoms with Gasteiger partial charge in [0.15, 0.2) is 0 Å². The fourth-order valence-corrected chi connectivity index (χ4v) is 3.94. The zero-order valence-corrected chi connectivity index (χ0v) is 15.8. The number of ether oxygens (including phenoxy) is 1. The summed E-state index contributed by atoms with van der Waals surface area (Å²) in [6.07, 6.45) is 2.13. The Morgan fingerprint density at radius 3 is 2.72 bits per heavy atom. The number of aromatic nitrogens is 1. The highest BCUT2D eigenvalue weighted by molar-refractivity contribution is 5.91. The molecule has 2 aromatic carbocycles. The predicted octanol–water partition coefficient (Wildman–Crippen LogP) is 4.65. The first-order valence-electron chi connectivity index (χ1n) is 9.53. The van der Waals surface area contributed by atoms with Crippen molar-refractivity contribution in [3.05, 3.63) is 71.7 Å². The van der Waals surface area contributed by atoms with Crippen molar-refractivity contribution in [3.8, 4) is 0 Å². The van der Waals surface area contributed by atoms with E-state index in [2.05, 4.69) is 0 Å². The summed E-state index contributed by atoms with van der Waals surface area (Å²) in [6.45, 7) is 0.810. The van der Waals surface area contributed by atoms with E-state index in [9.17, 15) is 19.1 Å². The Balaban J connectivity index is 1.51. The van der Waals surface area contributed by atoms with Crippen molar-refractivity contribution < 1.29 is 23.8 Å². The molecule has 6 nitrogen and oxygen atoms in total. The summed E-state index contributed by atoms with van der Waals surface area (Å²) in [4.78, 5) is 25.8. The first-order chi connectivity index (χ1) is 14.0. The number of benzene rings is 2. The van der Waals surface area contributed by atoms with Gasteiger partial charge in [0, 0.05) is 24.2 Å². The van der Waals surface area contributed by atoms with Crippen molar-refractivity contribution in [2.45, 2.75) is 31.9 Å². The van der Waals surface area contributed by atoms with Crippen LogP contribution in [0.3, 0.4) is 0 Å². The molecule has 1 aliphatic rings. The number of hydrogen-bond donors (Lipinski definition) is 1. The zero-order chi connectivity index (χ0) is 20.4. The van der Waals surface area contributed by atoms with E-state index in [4.69, 9.17) is 4.74 Å². The third kappa shape index (κ3) is 3.94. The average molecular weight is 396 g/mol. The molecule has 1 aliphatic heterocycles. The fraction of sp³-hybridized carbons (Fsp3) is 0.273. The molecular formula is C22H21FN2O4. The minimum atomic E-state index is -1.17. The number of carboxylic acid groups (broad SMARTS) is 1. The molecule has 1 fully saturated rings. The van der Waals surface area contributed by atoms with E-state index in [1.54, 1.807) is 11.0 Å². The maximum Gasteiger partial charge on any atom is 0.416 e. The van der Waals surface area contributed by atoms with Gasteiger partial charge in [-0.3, -0.25) is 4.57 Å². The van der Waals surface area contributed by atoms with E-state index >= 15 is 0 Å². The number of amides is 1. The molecule has 1 aromatic heterocycles. The van der Waals surface area contributed by atoms with Crippen molar-refractivity contribution in [3.63, 3.8) is 0 Å². The van der Waals surface area contributed by atoms with Crippen LogP contribution in [0.4, 0.5) is 14.0 Å². The molecule has 0 bridgehead atoms. The predicted molar refractivity (Wildman–Crippen MR) is 105 cm³/mol. The fourth-order valence-electron chi connectivity index (χ4n) is 3.94. The third-order valence-corrected chi connectivity index (χ3v) is 5.33. The SMILES string of the molecule is O=C(OCc1ccccc1)N1CCC[C@H]1Cc1cn(C(=O)O)c2cc(F)ccc12. The van der Waals surface area contributed by atoms with Gasteiger partial charge < -0.3 is 14.7 Å². The number of carbonyl (C=O) groups is 2. The second-order valence-corrected chi connectivity index (χ2v) is 7.20. The second-order valence-electron chi connectivity index (χ2n) is 7.20. The molecule has 0 unspecified atom stereocenters. The maximum atomic E-state index is 13.6. The molecule has 0 aliphatic carbocycles. The van der Waals surface area contributed by atoms with Gasteiger partial charge >= 0.3 is 12.2 Å². The van der Waals surface area contributed by atoms with Crippen LogP contribution in [0.1, 0.15) is 24.0 Å². The van der Waals surface area contributed by atoms with Gasteiger partial charge in [-0.05, 0) is 48.6 Å². The highest BCUT2D eigenvalue weighted by Gasteiger charge is 2.31. The van der Waals surface area contributed by atoms with Crippen LogP contribution in [0.25, 0.3) is 10.9 Å². The maximum absolute atomic E-state index is 13.6. The van der Waals surface area contributed by atoms with E-state index in [1.807, 2.05) is 30.3 Å². The first kappa shape index (κ1) is 19.0. The van der Waals surface area contributed by atoms with Crippen LogP contribution in [0.5, 0.6) is 0 Å². The van der Waals surface area contributed by atoms with E-state index < -0.39 is 11.9 Å². The molecule has 7 heteroatoms. The van der Waals surface area contributed by atoms with Gasteiger partial charge in [-0.1, -0.05) is 30.3 Å². The second kappa shape index (κ2) is 7.95. The largest absolute Gasteiger partial charge is 0.464 e. The minimum absolute atomic E-state index is 0.0869. The highest BCUT2D eigenvalue weighted by Crippen LogP contribution is 2.28. The summed E-state index contributed by atoms with van der Waals surface area (Å²) in [6, 6.07) is 13.5. The van der Waals surface area contributed by atoms with E-state index in [0.717, 1.165) is 28.5 Å². The van der Waals surface area contributed by atoms with Crippen molar-refractivity contribution >= 4 is 23.1 Å². The Morgan fingerprint density at radius 1 is 1.17 bits per heavy atom. The summed E-state index contributed by atoms with van der Waals surface area (Å²) in [5.41, 5.74) is 2.00. The molecule has 1 saturated heterocycles. The van der Waals surface area contributed by atoms with Crippen molar-refractivity contribution in [1.29, 1.82) is 0 Å². The molecule has 0 saturated carbocycles. The molecule has 0 radical (unpaired) electrons. The number of halogens is 1. The van der Waals surface area contributed by atoms with Crippen LogP contribution in [-0.2, 0) is 17.8 Å². The topological polar surface area (TPSA) is 71.8 Å². The number of hydrogen-bond acceptors (Lipinski definition) is 3. The van der Waals surface area contributed by atoms with Crippen LogP contribution < -0.4 is 0 Å². The van der Waals surface area contributed by atoms with Gasteiger partial charge in [0.1, 0.15) is 12.4 Å². The molecule has 1 amide bonds. The molecule has 1 atom stereocenters. The number of nitrogens with zero attached hydrogens (tertiary/aromatic N) is 2. The summed E-state index contributed by atoms with van der Waals surface area (Å²) >= 11 is 0. The Kier molecular flexibility index (Phi) is 5.20. The Morgan fingerprint density at radius 2 is 1.97 bits per heavy atom.